The number of rotatable bonds is 2. The van der Waals surface area contributed by atoms with E-state index in [1.54, 1.807) is 0 Å². The molecule has 3 nitrogen and oxygen atoms in total. The fourth-order valence-corrected chi connectivity index (χ4v) is 2.42. The molecule has 6 heteroatoms. The van der Waals surface area contributed by atoms with Crippen LogP contribution in [0.15, 0.2) is 29.4 Å². The van der Waals surface area contributed by atoms with Crippen molar-refractivity contribution in [2.24, 2.45) is 5.18 Å². The van der Waals surface area contributed by atoms with E-state index in [9.17, 15) is 22.9 Å². The van der Waals surface area contributed by atoms with Crippen LogP contribution in [0.3, 0.4) is 0 Å². The highest BCUT2D eigenvalue weighted by molar-refractivity contribution is 5.90. The zero-order valence-corrected chi connectivity index (χ0v) is 10.0. The second-order valence-electron chi connectivity index (χ2n) is 4.66. The van der Waals surface area contributed by atoms with Crippen LogP contribution >= 0.6 is 0 Å². The number of halogens is 3. The van der Waals surface area contributed by atoms with Gasteiger partial charge >= 0.3 is 6.18 Å². The number of carbonyl (C=O) groups excluding carboxylic acids is 1. The lowest BCUT2D eigenvalue weighted by atomic mass is 9.76. The van der Waals surface area contributed by atoms with Crippen LogP contribution in [0.5, 0.6) is 0 Å². The van der Waals surface area contributed by atoms with Crippen LogP contribution in [0.4, 0.5) is 13.2 Å². The number of benzene rings is 1. The molecule has 102 valence electrons. The van der Waals surface area contributed by atoms with Gasteiger partial charge in [0, 0.05) is 6.42 Å². The number of ketones is 1. The summed E-state index contributed by atoms with van der Waals surface area (Å²) in [4.78, 5) is 23.0. The SMILES string of the molecule is O=NC1(c2cccc(C(F)(F)F)c2)CCCCC1=O. The zero-order valence-electron chi connectivity index (χ0n) is 10.0. The number of Topliss-reactive ketones (excluding diaryl/α,β-unsaturated/α-hetero) is 1. The summed E-state index contributed by atoms with van der Waals surface area (Å²) in [5.74, 6) is -0.395. The lowest BCUT2D eigenvalue weighted by Gasteiger charge is -2.29. The van der Waals surface area contributed by atoms with Gasteiger partial charge in [-0.05, 0) is 37.0 Å². The predicted molar refractivity (Wildman–Crippen MR) is 62.4 cm³/mol. The molecule has 1 aliphatic carbocycles. The van der Waals surface area contributed by atoms with Crippen molar-refractivity contribution < 1.29 is 18.0 Å². The number of carbonyl (C=O) groups is 1. The minimum absolute atomic E-state index is 0.0435. The van der Waals surface area contributed by atoms with Crippen molar-refractivity contribution >= 4 is 5.78 Å². The second-order valence-corrected chi connectivity index (χ2v) is 4.66. The first kappa shape index (κ1) is 13.7. The molecule has 0 aliphatic heterocycles. The van der Waals surface area contributed by atoms with Crippen molar-refractivity contribution in [2.45, 2.75) is 37.4 Å². The molecule has 2 rings (SSSR count). The van der Waals surface area contributed by atoms with Crippen molar-refractivity contribution in [1.29, 1.82) is 0 Å². The van der Waals surface area contributed by atoms with Gasteiger partial charge in [0.05, 0.1) is 5.56 Å². The van der Waals surface area contributed by atoms with Crippen molar-refractivity contribution in [2.75, 3.05) is 0 Å². The van der Waals surface area contributed by atoms with Crippen LogP contribution < -0.4 is 0 Å². The summed E-state index contributed by atoms with van der Waals surface area (Å²) in [5.41, 5.74) is -2.46. The molecule has 0 N–H and O–H groups in total. The van der Waals surface area contributed by atoms with E-state index in [0.717, 1.165) is 12.1 Å². The molecule has 0 heterocycles. The third-order valence-corrected chi connectivity index (χ3v) is 3.48. The molecular weight excluding hydrogens is 259 g/mol. The summed E-state index contributed by atoms with van der Waals surface area (Å²) in [5, 5.41) is 2.89. The maximum absolute atomic E-state index is 12.7. The Morgan fingerprint density at radius 2 is 1.95 bits per heavy atom. The van der Waals surface area contributed by atoms with Crippen molar-refractivity contribution in [3.8, 4) is 0 Å². The van der Waals surface area contributed by atoms with E-state index < -0.39 is 23.1 Å². The van der Waals surface area contributed by atoms with E-state index in [1.165, 1.54) is 12.1 Å². The van der Waals surface area contributed by atoms with Crippen LogP contribution in [0.25, 0.3) is 0 Å². The molecule has 1 aromatic rings. The minimum Gasteiger partial charge on any atom is -0.296 e. The number of hydrogen-bond acceptors (Lipinski definition) is 3. The van der Waals surface area contributed by atoms with Gasteiger partial charge in [-0.1, -0.05) is 17.3 Å². The first-order chi connectivity index (χ1) is 8.90. The summed E-state index contributed by atoms with van der Waals surface area (Å²) in [6.45, 7) is 0. The molecule has 1 aliphatic rings. The highest BCUT2D eigenvalue weighted by Crippen LogP contribution is 2.40. The first-order valence-corrected chi connectivity index (χ1v) is 5.96. The molecule has 19 heavy (non-hydrogen) atoms. The van der Waals surface area contributed by atoms with E-state index >= 15 is 0 Å². The van der Waals surface area contributed by atoms with Crippen LogP contribution in [0, 0.1) is 4.91 Å². The molecule has 1 atom stereocenters. The Kier molecular flexibility index (Phi) is 3.43. The first-order valence-electron chi connectivity index (χ1n) is 5.96. The molecule has 0 bridgehead atoms. The van der Waals surface area contributed by atoms with Crippen molar-refractivity contribution in [3.63, 3.8) is 0 Å². The Labute approximate surface area is 107 Å². The van der Waals surface area contributed by atoms with Gasteiger partial charge in [-0.3, -0.25) is 4.79 Å². The van der Waals surface area contributed by atoms with Gasteiger partial charge in [-0.2, -0.15) is 13.2 Å². The number of alkyl halides is 3. The summed E-state index contributed by atoms with van der Waals surface area (Å²) in [7, 11) is 0. The van der Waals surface area contributed by atoms with E-state index in [4.69, 9.17) is 0 Å². The highest BCUT2D eigenvalue weighted by atomic mass is 19.4. The van der Waals surface area contributed by atoms with Gasteiger partial charge in [0.25, 0.3) is 0 Å². The number of nitrogens with zero attached hydrogens (tertiary/aromatic N) is 1. The third-order valence-electron chi connectivity index (χ3n) is 3.48. The maximum Gasteiger partial charge on any atom is 0.416 e. The number of nitroso groups, excluding NO2 is 1. The molecule has 1 unspecified atom stereocenters. The van der Waals surface area contributed by atoms with Gasteiger partial charge in [-0.25, -0.2) is 0 Å². The molecule has 0 radical (unpaired) electrons. The van der Waals surface area contributed by atoms with E-state index in [2.05, 4.69) is 5.18 Å². The lowest BCUT2D eigenvalue weighted by Crippen LogP contribution is -2.36. The molecule has 0 aromatic heterocycles. The van der Waals surface area contributed by atoms with Gasteiger partial charge < -0.3 is 0 Å². The molecule has 0 spiro atoms. The molecule has 0 saturated heterocycles. The fraction of sp³-hybridized carbons (Fsp3) is 0.462. The van der Waals surface area contributed by atoms with E-state index in [-0.39, 0.29) is 18.4 Å². The fourth-order valence-electron chi connectivity index (χ4n) is 2.42. The van der Waals surface area contributed by atoms with Crippen LogP contribution in [0.2, 0.25) is 0 Å². The average molecular weight is 271 g/mol. The summed E-state index contributed by atoms with van der Waals surface area (Å²) in [6, 6.07) is 4.33. The monoisotopic (exact) mass is 271 g/mol. The Morgan fingerprint density at radius 3 is 2.53 bits per heavy atom. The maximum atomic E-state index is 12.7. The topological polar surface area (TPSA) is 46.5 Å². The number of hydrogen-bond donors (Lipinski definition) is 0. The van der Waals surface area contributed by atoms with Gasteiger partial charge in [0.15, 0.2) is 11.3 Å². The van der Waals surface area contributed by atoms with Crippen LogP contribution in [-0.2, 0) is 16.5 Å². The van der Waals surface area contributed by atoms with Crippen LogP contribution in [-0.4, -0.2) is 5.78 Å². The zero-order chi connectivity index (χ0) is 14.1. The van der Waals surface area contributed by atoms with Gasteiger partial charge in [-0.15, -0.1) is 4.91 Å². The van der Waals surface area contributed by atoms with Crippen molar-refractivity contribution in [1.82, 2.24) is 0 Å². The highest BCUT2D eigenvalue weighted by Gasteiger charge is 2.44. The Hall–Kier alpha value is -1.72. The Balaban J connectivity index is 2.50. The molecule has 1 saturated carbocycles. The summed E-state index contributed by atoms with van der Waals surface area (Å²) < 4.78 is 38.0. The summed E-state index contributed by atoms with van der Waals surface area (Å²) in [6.07, 6.45) is -2.89. The Bertz CT molecular complexity index is 513. The van der Waals surface area contributed by atoms with Gasteiger partial charge in [0.1, 0.15) is 0 Å². The second kappa shape index (κ2) is 4.75. The third kappa shape index (κ3) is 2.39. The summed E-state index contributed by atoms with van der Waals surface area (Å²) >= 11 is 0. The molecular formula is C13H12F3NO2. The average Bonchev–Trinajstić information content (AvgIpc) is 2.39. The van der Waals surface area contributed by atoms with E-state index in [0.29, 0.717) is 12.8 Å². The normalized spacial score (nSPS) is 24.3. The molecule has 0 amide bonds. The quantitative estimate of drug-likeness (QED) is 0.768. The predicted octanol–water partition coefficient (Wildman–Crippen LogP) is 3.81. The molecule has 1 aromatic carbocycles. The molecule has 1 fully saturated rings. The minimum atomic E-state index is -4.50. The van der Waals surface area contributed by atoms with Crippen LogP contribution in [0.1, 0.15) is 36.8 Å². The standard InChI is InChI=1S/C13H12F3NO2/c14-13(15,16)10-5-3-4-9(8-10)12(17-19)7-2-1-6-11(12)18/h3-5,8H,1-2,6-7H2. The lowest BCUT2D eigenvalue weighted by molar-refractivity contribution is -0.138. The Morgan fingerprint density at radius 1 is 1.21 bits per heavy atom. The van der Waals surface area contributed by atoms with Crippen molar-refractivity contribution in [3.05, 3.63) is 40.3 Å². The van der Waals surface area contributed by atoms with Gasteiger partial charge in [0.2, 0.25) is 0 Å². The largest absolute Gasteiger partial charge is 0.416 e. The smallest absolute Gasteiger partial charge is 0.296 e. The van der Waals surface area contributed by atoms with E-state index in [1.807, 2.05) is 0 Å².